The zero-order chi connectivity index (χ0) is 31.9. The highest BCUT2D eigenvalue weighted by molar-refractivity contribution is 6.02. The van der Waals surface area contributed by atoms with Crippen LogP contribution in [0.2, 0.25) is 0 Å². The van der Waals surface area contributed by atoms with Crippen molar-refractivity contribution in [2.75, 3.05) is 11.5 Å². The number of non-ortho nitro benzene ring substituents is 1. The van der Waals surface area contributed by atoms with Crippen LogP contribution in [0.3, 0.4) is 0 Å². The van der Waals surface area contributed by atoms with Crippen molar-refractivity contribution in [2.24, 2.45) is 0 Å². The molecule has 0 bridgehead atoms. The minimum atomic E-state index is -0.537. The van der Waals surface area contributed by atoms with E-state index in [1.54, 1.807) is 23.1 Å². The highest BCUT2D eigenvalue weighted by atomic mass is 16.6. The molecule has 6 rings (SSSR count). The first-order chi connectivity index (χ1) is 22.5. The fraction of sp³-hybridized carbons (Fsp3) is 0.135. The Morgan fingerprint density at radius 1 is 0.739 bits per heavy atom. The maximum atomic E-state index is 14.2. The highest BCUT2D eigenvalue weighted by Gasteiger charge is 2.39. The summed E-state index contributed by atoms with van der Waals surface area (Å²) in [7, 11) is 0. The predicted octanol–water partition coefficient (Wildman–Crippen LogP) is 6.65. The molecule has 1 heterocycles. The van der Waals surface area contributed by atoms with Crippen LogP contribution < -0.4 is 15.0 Å². The van der Waals surface area contributed by atoms with Crippen molar-refractivity contribution < 1.29 is 19.2 Å². The van der Waals surface area contributed by atoms with Crippen LogP contribution >= 0.6 is 0 Å². The second-order valence-corrected chi connectivity index (χ2v) is 11.0. The number of amides is 2. The Kier molecular flexibility index (Phi) is 9.01. The molecule has 0 saturated carbocycles. The number of nitro benzene ring substituents is 1. The van der Waals surface area contributed by atoms with Crippen LogP contribution in [0, 0.1) is 10.1 Å². The van der Waals surface area contributed by atoms with Gasteiger partial charge in [-0.2, -0.15) is 0 Å². The van der Waals surface area contributed by atoms with Gasteiger partial charge in [0.15, 0.2) is 6.61 Å². The Morgan fingerprint density at radius 3 is 1.89 bits per heavy atom. The van der Waals surface area contributed by atoms with Crippen molar-refractivity contribution >= 4 is 23.2 Å². The molecule has 1 aliphatic heterocycles. The van der Waals surface area contributed by atoms with Gasteiger partial charge in [-0.3, -0.25) is 19.7 Å². The molecule has 0 radical (unpaired) electrons. The van der Waals surface area contributed by atoms with Gasteiger partial charge in [-0.1, -0.05) is 103 Å². The van der Waals surface area contributed by atoms with Crippen molar-refractivity contribution in [2.45, 2.75) is 25.8 Å². The van der Waals surface area contributed by atoms with Crippen LogP contribution in [0.1, 0.15) is 38.8 Å². The van der Waals surface area contributed by atoms with Gasteiger partial charge in [0.2, 0.25) is 0 Å². The number of nitro groups is 1. The predicted molar refractivity (Wildman–Crippen MR) is 175 cm³/mol. The molecule has 9 heteroatoms. The molecule has 1 aliphatic rings. The lowest BCUT2D eigenvalue weighted by Crippen LogP contribution is -2.48. The summed E-state index contributed by atoms with van der Waals surface area (Å²) in [5.74, 6) is -0.0205. The summed E-state index contributed by atoms with van der Waals surface area (Å²) in [6.07, 6.45) is -0.537. The number of nitrogens with zero attached hydrogens (tertiary/aromatic N) is 3. The molecule has 5 aromatic carbocycles. The van der Waals surface area contributed by atoms with E-state index in [1.807, 2.05) is 103 Å². The van der Waals surface area contributed by atoms with Crippen LogP contribution in [0.5, 0.6) is 5.75 Å². The minimum Gasteiger partial charge on any atom is -0.484 e. The number of rotatable bonds is 11. The molecule has 2 amide bonds. The first-order valence-corrected chi connectivity index (χ1v) is 14.9. The third kappa shape index (κ3) is 6.89. The molecule has 0 fully saturated rings. The van der Waals surface area contributed by atoms with Gasteiger partial charge in [-0.15, -0.1) is 0 Å². The standard InChI is InChI=1S/C37H32N4O5/c42-35(38-23-27-10-4-1-5-11-27)26-46-32-19-16-30(17-20-32)36-39(24-28-12-6-2-7-13-28)34-21-18-31(41(44)45)22-33(34)37(43)40(36)25-29-14-8-3-9-15-29/h1-22,36H,23-26H2,(H,38,42)/t36-/m0/s1. The molecule has 1 N–H and O–H groups in total. The maximum Gasteiger partial charge on any atom is 0.270 e. The monoisotopic (exact) mass is 612 g/mol. The Balaban J connectivity index is 1.31. The van der Waals surface area contributed by atoms with E-state index in [-0.39, 0.29) is 36.2 Å². The third-order valence-electron chi connectivity index (χ3n) is 7.85. The van der Waals surface area contributed by atoms with Crippen LogP contribution in [0.15, 0.2) is 133 Å². The van der Waals surface area contributed by atoms with Gasteiger partial charge in [-0.25, -0.2) is 0 Å². The van der Waals surface area contributed by atoms with Crippen LogP contribution in [-0.4, -0.2) is 28.2 Å². The summed E-state index contributed by atoms with van der Waals surface area (Å²) in [6.45, 7) is 1.02. The van der Waals surface area contributed by atoms with E-state index in [0.717, 1.165) is 22.3 Å². The van der Waals surface area contributed by atoms with Crippen molar-refractivity contribution in [3.05, 3.63) is 171 Å². The van der Waals surface area contributed by atoms with Crippen molar-refractivity contribution in [3.8, 4) is 5.75 Å². The van der Waals surface area contributed by atoms with Crippen molar-refractivity contribution in [1.82, 2.24) is 10.2 Å². The lowest BCUT2D eigenvalue weighted by Gasteiger charge is -2.46. The third-order valence-corrected chi connectivity index (χ3v) is 7.85. The second kappa shape index (κ2) is 13.8. The smallest absolute Gasteiger partial charge is 0.270 e. The number of anilines is 1. The Bertz CT molecular complexity index is 1820. The van der Waals surface area contributed by atoms with Crippen LogP contribution in [0.4, 0.5) is 11.4 Å². The van der Waals surface area contributed by atoms with E-state index in [0.29, 0.717) is 24.5 Å². The normalized spacial score (nSPS) is 14.0. The van der Waals surface area contributed by atoms with Gasteiger partial charge in [0.05, 0.1) is 16.2 Å². The summed E-state index contributed by atoms with van der Waals surface area (Å²) in [5, 5.41) is 14.5. The number of nitrogens with one attached hydrogen (secondary N) is 1. The molecule has 230 valence electrons. The van der Waals surface area contributed by atoms with Gasteiger partial charge < -0.3 is 19.9 Å². The van der Waals surface area contributed by atoms with E-state index >= 15 is 0 Å². The zero-order valence-corrected chi connectivity index (χ0v) is 25.0. The number of hydrogen-bond donors (Lipinski definition) is 1. The first kappa shape index (κ1) is 30.1. The molecule has 0 aromatic heterocycles. The fourth-order valence-corrected chi connectivity index (χ4v) is 5.61. The summed E-state index contributed by atoms with van der Waals surface area (Å²) in [5.41, 5.74) is 4.52. The number of carbonyl (C=O) groups is 2. The lowest BCUT2D eigenvalue weighted by molar-refractivity contribution is -0.384. The lowest BCUT2D eigenvalue weighted by atomic mass is 9.98. The Hall–Kier alpha value is -5.96. The molecule has 0 saturated heterocycles. The molecule has 46 heavy (non-hydrogen) atoms. The van der Waals surface area contributed by atoms with Gasteiger partial charge in [0.25, 0.3) is 17.5 Å². The highest BCUT2D eigenvalue weighted by Crippen LogP contribution is 2.42. The van der Waals surface area contributed by atoms with Crippen LogP contribution in [0.25, 0.3) is 0 Å². The van der Waals surface area contributed by atoms with Crippen molar-refractivity contribution in [1.29, 1.82) is 0 Å². The van der Waals surface area contributed by atoms with E-state index in [1.165, 1.54) is 12.1 Å². The Labute approximate surface area is 266 Å². The van der Waals surface area contributed by atoms with E-state index in [9.17, 15) is 19.7 Å². The molecule has 5 aromatic rings. The number of hydrogen-bond acceptors (Lipinski definition) is 6. The number of carbonyl (C=O) groups excluding carboxylic acids is 2. The summed E-state index contributed by atoms with van der Waals surface area (Å²) in [4.78, 5) is 41.7. The van der Waals surface area contributed by atoms with Gasteiger partial charge in [-0.05, 0) is 40.5 Å². The van der Waals surface area contributed by atoms with E-state index in [2.05, 4.69) is 10.2 Å². The van der Waals surface area contributed by atoms with Gasteiger partial charge >= 0.3 is 0 Å². The number of fused-ring (bicyclic) bond motifs is 1. The van der Waals surface area contributed by atoms with Crippen molar-refractivity contribution in [3.63, 3.8) is 0 Å². The zero-order valence-electron chi connectivity index (χ0n) is 25.0. The average Bonchev–Trinajstić information content (AvgIpc) is 3.10. The molecule has 0 aliphatic carbocycles. The minimum absolute atomic E-state index is 0.138. The number of ether oxygens (including phenoxy) is 1. The SMILES string of the molecule is O=C(COc1ccc([C@@H]2N(Cc3ccccc3)C(=O)c3cc([N+](=O)[O-])ccc3N2Cc2ccccc2)cc1)NCc1ccccc1. The first-order valence-electron chi connectivity index (χ1n) is 14.9. The molecule has 0 spiro atoms. The topological polar surface area (TPSA) is 105 Å². The summed E-state index contributed by atoms with van der Waals surface area (Å²) < 4.78 is 5.79. The maximum absolute atomic E-state index is 14.2. The average molecular weight is 613 g/mol. The molecular formula is C37H32N4O5. The van der Waals surface area contributed by atoms with Gasteiger partial charge in [0.1, 0.15) is 11.9 Å². The Morgan fingerprint density at radius 2 is 1.30 bits per heavy atom. The molecular weight excluding hydrogens is 580 g/mol. The summed E-state index contributed by atoms with van der Waals surface area (Å²) in [6, 6.07) is 41.0. The molecule has 1 atom stereocenters. The fourth-order valence-electron chi connectivity index (χ4n) is 5.61. The van der Waals surface area contributed by atoms with Crippen LogP contribution in [-0.2, 0) is 24.4 Å². The second-order valence-electron chi connectivity index (χ2n) is 11.0. The summed E-state index contributed by atoms with van der Waals surface area (Å²) >= 11 is 0. The number of benzene rings is 5. The molecule has 9 nitrogen and oxygen atoms in total. The molecule has 0 unspecified atom stereocenters. The largest absolute Gasteiger partial charge is 0.484 e. The van der Waals surface area contributed by atoms with E-state index < -0.39 is 11.1 Å². The van der Waals surface area contributed by atoms with Gasteiger partial charge in [0, 0.05) is 31.8 Å². The van der Waals surface area contributed by atoms with E-state index in [4.69, 9.17) is 4.74 Å². The quantitative estimate of drug-likeness (QED) is 0.132.